The summed E-state index contributed by atoms with van der Waals surface area (Å²) in [5.74, 6) is 0.253. The van der Waals surface area contributed by atoms with Crippen LogP contribution in [0.5, 0.6) is 5.75 Å². The zero-order chi connectivity index (χ0) is 13.5. The Bertz CT molecular complexity index is 409. The maximum atomic E-state index is 10.8. The van der Waals surface area contributed by atoms with Crippen molar-refractivity contribution in [2.75, 3.05) is 18.5 Å². The number of benzene rings is 1. The zero-order valence-corrected chi connectivity index (χ0v) is 10.5. The topological polar surface area (TPSA) is 84.6 Å². The fourth-order valence-electron chi connectivity index (χ4n) is 1.58. The van der Waals surface area contributed by atoms with Gasteiger partial charge < -0.3 is 15.2 Å². The van der Waals surface area contributed by atoms with Crippen molar-refractivity contribution in [1.29, 1.82) is 0 Å². The summed E-state index contributed by atoms with van der Waals surface area (Å²) in [6, 6.07) is 4.74. The molecule has 0 amide bonds. The average molecular weight is 254 g/mol. The lowest BCUT2D eigenvalue weighted by Crippen LogP contribution is -2.16. The number of anilines is 1. The third-order valence-electron chi connectivity index (χ3n) is 2.43. The summed E-state index contributed by atoms with van der Waals surface area (Å²) in [4.78, 5) is 10.3. The van der Waals surface area contributed by atoms with Crippen LogP contribution in [-0.2, 0) is 0 Å². The van der Waals surface area contributed by atoms with Crippen molar-refractivity contribution in [3.63, 3.8) is 0 Å². The first-order valence-electron chi connectivity index (χ1n) is 5.87. The highest BCUT2D eigenvalue weighted by atomic mass is 16.6. The first-order valence-corrected chi connectivity index (χ1v) is 5.87. The number of nitrogens with one attached hydrogen (secondary N) is 1. The molecule has 1 rings (SSSR count). The molecule has 100 valence electrons. The summed E-state index contributed by atoms with van der Waals surface area (Å²) in [6.07, 6.45) is 0.612. The number of ether oxygens (including phenoxy) is 1. The van der Waals surface area contributed by atoms with Gasteiger partial charge in [-0.3, -0.25) is 10.1 Å². The molecule has 0 heterocycles. The van der Waals surface area contributed by atoms with E-state index in [2.05, 4.69) is 5.32 Å². The molecule has 18 heavy (non-hydrogen) atoms. The van der Waals surface area contributed by atoms with Crippen LogP contribution in [0.25, 0.3) is 0 Å². The van der Waals surface area contributed by atoms with Crippen LogP contribution >= 0.6 is 0 Å². The second kappa shape index (κ2) is 6.80. The quantitative estimate of drug-likeness (QED) is 0.575. The Labute approximate surface area is 106 Å². The third-order valence-corrected chi connectivity index (χ3v) is 2.43. The van der Waals surface area contributed by atoms with E-state index in [4.69, 9.17) is 9.84 Å². The van der Waals surface area contributed by atoms with Gasteiger partial charge in [-0.2, -0.15) is 0 Å². The SMILES string of the molecule is CCOc1cc(NC(C)CCO)ccc1[N+](=O)[O-]. The summed E-state index contributed by atoms with van der Waals surface area (Å²) in [5.41, 5.74) is 0.696. The number of hydrogen-bond acceptors (Lipinski definition) is 5. The maximum absolute atomic E-state index is 10.8. The van der Waals surface area contributed by atoms with E-state index in [1.165, 1.54) is 6.07 Å². The Morgan fingerprint density at radius 2 is 2.28 bits per heavy atom. The third kappa shape index (κ3) is 3.89. The van der Waals surface area contributed by atoms with Gasteiger partial charge in [0.05, 0.1) is 11.5 Å². The van der Waals surface area contributed by atoms with Gasteiger partial charge in [-0.1, -0.05) is 0 Å². The number of rotatable bonds is 7. The van der Waals surface area contributed by atoms with Crippen LogP contribution in [0, 0.1) is 10.1 Å². The second-order valence-corrected chi connectivity index (χ2v) is 3.93. The molecule has 1 aromatic carbocycles. The van der Waals surface area contributed by atoms with Crippen molar-refractivity contribution in [3.8, 4) is 5.75 Å². The summed E-state index contributed by atoms with van der Waals surface area (Å²) in [5, 5.41) is 22.8. The first-order chi connectivity index (χ1) is 8.58. The molecule has 0 spiro atoms. The second-order valence-electron chi connectivity index (χ2n) is 3.93. The van der Waals surface area contributed by atoms with Gasteiger partial charge in [0.1, 0.15) is 0 Å². The molecular formula is C12H18N2O4. The van der Waals surface area contributed by atoms with Gasteiger partial charge in [-0.15, -0.1) is 0 Å². The highest BCUT2D eigenvalue weighted by Gasteiger charge is 2.15. The molecule has 1 unspecified atom stereocenters. The van der Waals surface area contributed by atoms with Gasteiger partial charge in [0.2, 0.25) is 0 Å². The van der Waals surface area contributed by atoms with Crippen LogP contribution in [0.15, 0.2) is 18.2 Å². The minimum atomic E-state index is -0.466. The summed E-state index contributed by atoms with van der Waals surface area (Å²) >= 11 is 0. The Morgan fingerprint density at radius 3 is 2.83 bits per heavy atom. The molecule has 6 heteroatoms. The molecular weight excluding hydrogens is 236 g/mol. The Hall–Kier alpha value is -1.82. The van der Waals surface area contributed by atoms with Crippen LogP contribution in [0.2, 0.25) is 0 Å². The molecule has 0 saturated carbocycles. The number of aliphatic hydroxyl groups is 1. The molecule has 0 aliphatic heterocycles. The standard InChI is InChI=1S/C12H18N2O4/c1-3-18-12-8-10(13-9(2)6-7-15)4-5-11(12)14(16)17/h4-5,8-9,13,15H,3,6-7H2,1-2H3. The van der Waals surface area contributed by atoms with Crippen LogP contribution < -0.4 is 10.1 Å². The predicted molar refractivity (Wildman–Crippen MR) is 69.1 cm³/mol. The molecule has 2 N–H and O–H groups in total. The monoisotopic (exact) mass is 254 g/mol. The molecule has 1 atom stereocenters. The molecule has 0 radical (unpaired) electrons. The van der Waals surface area contributed by atoms with Gasteiger partial charge in [0.15, 0.2) is 5.75 Å². The van der Waals surface area contributed by atoms with Crippen molar-refractivity contribution in [2.45, 2.75) is 26.3 Å². The molecule has 0 aliphatic rings. The average Bonchev–Trinajstić information content (AvgIpc) is 2.29. The highest BCUT2D eigenvalue weighted by Crippen LogP contribution is 2.30. The van der Waals surface area contributed by atoms with E-state index < -0.39 is 4.92 Å². The summed E-state index contributed by atoms with van der Waals surface area (Å²) in [7, 11) is 0. The lowest BCUT2D eigenvalue weighted by molar-refractivity contribution is -0.385. The maximum Gasteiger partial charge on any atom is 0.311 e. The molecule has 0 aromatic heterocycles. The van der Waals surface area contributed by atoms with Crippen LogP contribution in [0.1, 0.15) is 20.3 Å². The normalized spacial score (nSPS) is 11.9. The molecule has 6 nitrogen and oxygen atoms in total. The minimum absolute atomic E-state index is 0.0442. The lowest BCUT2D eigenvalue weighted by Gasteiger charge is -2.14. The summed E-state index contributed by atoms with van der Waals surface area (Å²) < 4.78 is 5.25. The molecule has 0 fully saturated rings. The van der Waals surface area contributed by atoms with E-state index in [0.717, 1.165) is 5.69 Å². The molecule has 0 saturated heterocycles. The van der Waals surface area contributed by atoms with Crippen molar-refractivity contribution in [1.82, 2.24) is 0 Å². The van der Waals surface area contributed by atoms with Crippen LogP contribution in [-0.4, -0.2) is 29.3 Å². The highest BCUT2D eigenvalue weighted by molar-refractivity contribution is 5.58. The largest absolute Gasteiger partial charge is 0.487 e. The van der Waals surface area contributed by atoms with E-state index in [1.807, 2.05) is 6.92 Å². The Kier molecular flexibility index (Phi) is 5.38. The van der Waals surface area contributed by atoms with E-state index in [0.29, 0.717) is 13.0 Å². The van der Waals surface area contributed by atoms with Crippen molar-refractivity contribution in [2.24, 2.45) is 0 Å². The number of nitrogens with zero attached hydrogens (tertiary/aromatic N) is 1. The van der Waals surface area contributed by atoms with Gasteiger partial charge >= 0.3 is 5.69 Å². The fraction of sp³-hybridized carbons (Fsp3) is 0.500. The number of nitro benzene ring substituents is 1. The smallest absolute Gasteiger partial charge is 0.311 e. The van der Waals surface area contributed by atoms with E-state index in [9.17, 15) is 10.1 Å². The van der Waals surface area contributed by atoms with Gasteiger partial charge in [0, 0.05) is 30.5 Å². The number of aliphatic hydroxyl groups excluding tert-OH is 1. The van der Waals surface area contributed by atoms with E-state index in [-0.39, 0.29) is 24.1 Å². The first kappa shape index (κ1) is 14.2. The molecule has 0 bridgehead atoms. The fourth-order valence-corrected chi connectivity index (χ4v) is 1.58. The van der Waals surface area contributed by atoms with Crippen molar-refractivity contribution < 1.29 is 14.8 Å². The molecule has 0 aliphatic carbocycles. The Balaban J connectivity index is 2.88. The van der Waals surface area contributed by atoms with Gasteiger partial charge in [-0.05, 0) is 26.3 Å². The Morgan fingerprint density at radius 1 is 1.56 bits per heavy atom. The molecule has 1 aromatic rings. The predicted octanol–water partition coefficient (Wildman–Crippen LogP) is 2.18. The lowest BCUT2D eigenvalue weighted by atomic mass is 10.2. The van der Waals surface area contributed by atoms with Crippen LogP contribution in [0.4, 0.5) is 11.4 Å². The van der Waals surface area contributed by atoms with Crippen LogP contribution in [0.3, 0.4) is 0 Å². The number of hydrogen-bond donors (Lipinski definition) is 2. The zero-order valence-electron chi connectivity index (χ0n) is 10.5. The van der Waals surface area contributed by atoms with Gasteiger partial charge in [0.25, 0.3) is 0 Å². The van der Waals surface area contributed by atoms with Crippen molar-refractivity contribution in [3.05, 3.63) is 28.3 Å². The van der Waals surface area contributed by atoms with Gasteiger partial charge in [-0.25, -0.2) is 0 Å². The van der Waals surface area contributed by atoms with E-state index in [1.54, 1.807) is 19.1 Å². The summed E-state index contributed by atoms with van der Waals surface area (Å²) in [6.45, 7) is 4.17. The van der Waals surface area contributed by atoms with Crippen molar-refractivity contribution >= 4 is 11.4 Å². The van der Waals surface area contributed by atoms with E-state index >= 15 is 0 Å². The number of nitro groups is 1. The minimum Gasteiger partial charge on any atom is -0.487 e.